The van der Waals surface area contributed by atoms with Crippen LogP contribution in [0.25, 0.3) is 11.3 Å². The zero-order chi connectivity index (χ0) is 12.3. The van der Waals surface area contributed by atoms with Crippen LogP contribution in [-0.4, -0.2) is 11.5 Å². The Hall–Kier alpha value is -1.42. The molecule has 0 unspecified atom stereocenters. The van der Waals surface area contributed by atoms with E-state index in [1.165, 1.54) is 6.07 Å². The van der Waals surface area contributed by atoms with E-state index >= 15 is 0 Å². The van der Waals surface area contributed by atoms with E-state index in [0.717, 1.165) is 16.8 Å². The predicted octanol–water partition coefficient (Wildman–Crippen LogP) is 4.08. The van der Waals surface area contributed by atoms with Gasteiger partial charge in [-0.3, -0.25) is 0 Å². The molecule has 2 aromatic rings. The van der Waals surface area contributed by atoms with Gasteiger partial charge in [0.25, 0.3) is 0 Å². The van der Waals surface area contributed by atoms with Crippen LogP contribution in [0.4, 0.5) is 10.2 Å². The summed E-state index contributed by atoms with van der Waals surface area (Å²) in [5, 5.41) is 3.11. The van der Waals surface area contributed by atoms with Crippen molar-refractivity contribution in [3.63, 3.8) is 0 Å². The summed E-state index contributed by atoms with van der Waals surface area (Å²) in [6, 6.07) is 10.4. The second-order valence-electron chi connectivity index (χ2n) is 3.56. The summed E-state index contributed by atoms with van der Waals surface area (Å²) < 4.78 is 14.5. The summed E-state index contributed by atoms with van der Waals surface area (Å²) in [5.41, 5.74) is 1.13. The van der Waals surface area contributed by atoms with Crippen LogP contribution < -0.4 is 5.32 Å². The monoisotopic (exact) mass is 294 g/mol. The standard InChI is InChI=1S/C13H12BrFN2/c1-2-16-13-5-3-4-12(17-13)10-8-9(14)6-7-11(10)15/h3-8H,2H2,1H3,(H,16,17). The number of pyridine rings is 1. The minimum absolute atomic E-state index is 0.269. The lowest BCUT2D eigenvalue weighted by Gasteiger charge is -2.06. The summed E-state index contributed by atoms with van der Waals surface area (Å²) in [6.07, 6.45) is 0. The van der Waals surface area contributed by atoms with E-state index in [9.17, 15) is 4.39 Å². The van der Waals surface area contributed by atoms with E-state index in [1.807, 2.05) is 19.1 Å². The Kier molecular flexibility index (Phi) is 3.74. The molecule has 0 saturated heterocycles. The number of benzene rings is 1. The van der Waals surface area contributed by atoms with Crippen molar-refractivity contribution < 1.29 is 4.39 Å². The van der Waals surface area contributed by atoms with Crippen LogP contribution in [0.3, 0.4) is 0 Å². The molecule has 1 N–H and O–H groups in total. The van der Waals surface area contributed by atoms with Crippen LogP contribution in [0.15, 0.2) is 40.9 Å². The number of nitrogens with one attached hydrogen (secondary N) is 1. The largest absolute Gasteiger partial charge is 0.370 e. The molecule has 4 heteroatoms. The molecule has 0 aliphatic carbocycles. The zero-order valence-electron chi connectivity index (χ0n) is 9.37. The molecular formula is C13H12BrFN2. The highest BCUT2D eigenvalue weighted by atomic mass is 79.9. The Morgan fingerprint density at radius 3 is 2.88 bits per heavy atom. The fourth-order valence-corrected chi connectivity index (χ4v) is 1.92. The zero-order valence-corrected chi connectivity index (χ0v) is 11.0. The van der Waals surface area contributed by atoms with Crippen molar-refractivity contribution >= 4 is 21.7 Å². The Balaban J connectivity index is 2.45. The highest BCUT2D eigenvalue weighted by Crippen LogP contribution is 2.25. The molecule has 17 heavy (non-hydrogen) atoms. The van der Waals surface area contributed by atoms with Crippen LogP contribution in [0.1, 0.15) is 6.92 Å². The second-order valence-corrected chi connectivity index (χ2v) is 4.48. The molecular weight excluding hydrogens is 283 g/mol. The molecule has 1 heterocycles. The molecule has 88 valence electrons. The first-order valence-electron chi connectivity index (χ1n) is 5.37. The maximum Gasteiger partial charge on any atom is 0.132 e. The van der Waals surface area contributed by atoms with Gasteiger partial charge in [0.1, 0.15) is 11.6 Å². The quantitative estimate of drug-likeness (QED) is 0.922. The lowest BCUT2D eigenvalue weighted by Crippen LogP contribution is -1.99. The van der Waals surface area contributed by atoms with E-state index in [2.05, 4.69) is 26.2 Å². The van der Waals surface area contributed by atoms with Gasteiger partial charge in [0.15, 0.2) is 0 Å². The highest BCUT2D eigenvalue weighted by Gasteiger charge is 2.07. The van der Waals surface area contributed by atoms with Gasteiger partial charge in [-0.05, 0) is 37.3 Å². The Morgan fingerprint density at radius 1 is 1.29 bits per heavy atom. The van der Waals surface area contributed by atoms with E-state index in [4.69, 9.17) is 0 Å². The van der Waals surface area contributed by atoms with Gasteiger partial charge in [0.05, 0.1) is 5.69 Å². The molecule has 0 radical (unpaired) electrons. The maximum atomic E-state index is 13.7. The summed E-state index contributed by atoms with van der Waals surface area (Å²) in [5.74, 6) is 0.485. The molecule has 2 nitrogen and oxygen atoms in total. The van der Waals surface area contributed by atoms with Crippen molar-refractivity contribution in [2.75, 3.05) is 11.9 Å². The van der Waals surface area contributed by atoms with Gasteiger partial charge >= 0.3 is 0 Å². The highest BCUT2D eigenvalue weighted by molar-refractivity contribution is 9.10. The number of nitrogens with zero attached hydrogens (tertiary/aromatic N) is 1. The van der Waals surface area contributed by atoms with Crippen molar-refractivity contribution in [1.29, 1.82) is 0 Å². The van der Waals surface area contributed by atoms with Crippen molar-refractivity contribution in [2.24, 2.45) is 0 Å². The average molecular weight is 295 g/mol. The smallest absolute Gasteiger partial charge is 0.132 e. The third kappa shape index (κ3) is 2.82. The predicted molar refractivity (Wildman–Crippen MR) is 71.5 cm³/mol. The normalized spacial score (nSPS) is 10.3. The van der Waals surface area contributed by atoms with Crippen LogP contribution in [-0.2, 0) is 0 Å². The molecule has 0 bridgehead atoms. The molecule has 0 aliphatic rings. The van der Waals surface area contributed by atoms with Crippen LogP contribution in [0.5, 0.6) is 0 Å². The lowest BCUT2D eigenvalue weighted by molar-refractivity contribution is 0.630. The van der Waals surface area contributed by atoms with Gasteiger partial charge in [-0.25, -0.2) is 9.37 Å². The molecule has 0 amide bonds. The number of rotatable bonds is 3. The van der Waals surface area contributed by atoms with Gasteiger partial charge in [0.2, 0.25) is 0 Å². The first-order valence-corrected chi connectivity index (χ1v) is 6.16. The van der Waals surface area contributed by atoms with Gasteiger partial charge < -0.3 is 5.32 Å². The van der Waals surface area contributed by atoms with Crippen molar-refractivity contribution in [2.45, 2.75) is 6.92 Å². The van der Waals surface area contributed by atoms with Gasteiger partial charge in [-0.15, -0.1) is 0 Å². The van der Waals surface area contributed by atoms with E-state index in [0.29, 0.717) is 11.3 Å². The molecule has 0 fully saturated rings. The van der Waals surface area contributed by atoms with Crippen LogP contribution >= 0.6 is 15.9 Å². The van der Waals surface area contributed by atoms with Gasteiger partial charge in [-0.1, -0.05) is 22.0 Å². The SMILES string of the molecule is CCNc1cccc(-c2cc(Br)ccc2F)n1. The second kappa shape index (κ2) is 5.27. The lowest BCUT2D eigenvalue weighted by atomic mass is 10.1. The number of hydrogen-bond donors (Lipinski definition) is 1. The molecule has 1 aromatic heterocycles. The molecule has 2 rings (SSSR count). The summed E-state index contributed by atoms with van der Waals surface area (Å²) >= 11 is 3.33. The Labute approximate surface area is 108 Å². The topological polar surface area (TPSA) is 24.9 Å². The Morgan fingerprint density at radius 2 is 2.12 bits per heavy atom. The third-order valence-corrected chi connectivity index (χ3v) is 2.80. The summed E-state index contributed by atoms with van der Waals surface area (Å²) in [6.45, 7) is 2.78. The number of anilines is 1. The summed E-state index contributed by atoms with van der Waals surface area (Å²) in [4.78, 5) is 4.36. The molecule has 0 atom stereocenters. The minimum atomic E-state index is -0.269. The average Bonchev–Trinajstić information content (AvgIpc) is 2.33. The first kappa shape index (κ1) is 12.0. The summed E-state index contributed by atoms with van der Waals surface area (Å²) in [7, 11) is 0. The Bertz CT molecular complexity index is 529. The number of aromatic nitrogens is 1. The fraction of sp³-hybridized carbons (Fsp3) is 0.154. The maximum absolute atomic E-state index is 13.7. The van der Waals surface area contributed by atoms with Crippen LogP contribution in [0.2, 0.25) is 0 Å². The minimum Gasteiger partial charge on any atom is -0.370 e. The molecule has 1 aromatic carbocycles. The molecule has 0 saturated carbocycles. The van der Waals surface area contributed by atoms with E-state index in [1.54, 1.807) is 18.2 Å². The fourth-order valence-electron chi connectivity index (χ4n) is 1.56. The van der Waals surface area contributed by atoms with E-state index < -0.39 is 0 Å². The molecule has 0 spiro atoms. The van der Waals surface area contributed by atoms with Crippen LogP contribution in [0, 0.1) is 5.82 Å². The number of halogens is 2. The third-order valence-electron chi connectivity index (χ3n) is 2.31. The van der Waals surface area contributed by atoms with Crippen molar-refractivity contribution in [3.05, 3.63) is 46.7 Å². The van der Waals surface area contributed by atoms with E-state index in [-0.39, 0.29) is 5.82 Å². The van der Waals surface area contributed by atoms with Crippen molar-refractivity contribution in [1.82, 2.24) is 4.98 Å². The van der Waals surface area contributed by atoms with Gasteiger partial charge in [-0.2, -0.15) is 0 Å². The van der Waals surface area contributed by atoms with Crippen molar-refractivity contribution in [3.8, 4) is 11.3 Å². The molecule has 0 aliphatic heterocycles. The first-order chi connectivity index (χ1) is 8.20. The van der Waals surface area contributed by atoms with Gasteiger partial charge in [0, 0.05) is 16.6 Å². The number of hydrogen-bond acceptors (Lipinski definition) is 2.